The monoisotopic (exact) mass is 330 g/mol. The van der Waals surface area contributed by atoms with Gasteiger partial charge < -0.3 is 24.6 Å². The van der Waals surface area contributed by atoms with Crippen LogP contribution in [0.1, 0.15) is 6.92 Å². The van der Waals surface area contributed by atoms with E-state index in [0.717, 1.165) is 0 Å². The summed E-state index contributed by atoms with van der Waals surface area (Å²) < 4.78 is 13.5. The molecular weight excluding hydrogens is 316 g/mol. The van der Waals surface area contributed by atoms with Crippen LogP contribution in [0.4, 0.5) is 9.59 Å². The number of carbonyl (C=O) groups excluding carboxylic acids is 3. The quantitative estimate of drug-likeness (QED) is 0.162. The molecular formula is C11H14N4O8. The number of alkyl carbamates (subject to hydrolysis) is 2. The van der Waals surface area contributed by atoms with Gasteiger partial charge in [-0.25, -0.2) is 14.4 Å². The highest BCUT2D eigenvalue weighted by molar-refractivity contribution is 5.76. The number of aliphatic carboxylic acids is 1. The first-order valence-corrected chi connectivity index (χ1v) is 5.95. The van der Waals surface area contributed by atoms with Gasteiger partial charge >= 0.3 is 18.2 Å². The molecule has 0 aliphatic rings. The summed E-state index contributed by atoms with van der Waals surface area (Å²) in [5, 5.41) is 21.3. The molecule has 0 rings (SSSR count). The van der Waals surface area contributed by atoms with Crippen LogP contribution in [-0.4, -0.2) is 56.0 Å². The van der Waals surface area contributed by atoms with Gasteiger partial charge in [-0.1, -0.05) is 0 Å². The lowest BCUT2D eigenvalue weighted by Gasteiger charge is -2.23. The van der Waals surface area contributed by atoms with Crippen molar-refractivity contribution in [3.05, 3.63) is 0 Å². The number of aliphatic imine (C=N–C) groups is 1. The molecule has 12 nitrogen and oxygen atoms in total. The molecule has 0 aromatic heterocycles. The SMILES string of the molecule is CC(COC(=O)NCN=C=O)(COC(=O)NCOC#N)C(=O)O. The molecule has 0 saturated heterocycles. The van der Waals surface area contributed by atoms with Crippen molar-refractivity contribution in [2.45, 2.75) is 6.92 Å². The van der Waals surface area contributed by atoms with Gasteiger partial charge in [0.05, 0.1) is 0 Å². The minimum atomic E-state index is -1.71. The van der Waals surface area contributed by atoms with Crippen molar-refractivity contribution < 1.29 is 38.5 Å². The van der Waals surface area contributed by atoms with E-state index in [0.29, 0.717) is 0 Å². The number of hydrogen-bond acceptors (Lipinski definition) is 9. The van der Waals surface area contributed by atoms with Crippen LogP contribution >= 0.6 is 0 Å². The van der Waals surface area contributed by atoms with Gasteiger partial charge in [-0.3, -0.25) is 10.1 Å². The van der Waals surface area contributed by atoms with Crippen molar-refractivity contribution in [3.8, 4) is 6.26 Å². The second-order valence-electron chi connectivity index (χ2n) is 4.16. The van der Waals surface area contributed by atoms with Gasteiger partial charge in [0.2, 0.25) is 6.08 Å². The number of amides is 2. The van der Waals surface area contributed by atoms with Crippen LogP contribution in [0, 0.1) is 16.9 Å². The summed E-state index contributed by atoms with van der Waals surface area (Å²) in [6.45, 7) is -0.841. The van der Waals surface area contributed by atoms with Crippen LogP contribution in [-0.2, 0) is 23.8 Å². The Morgan fingerprint density at radius 1 is 1.22 bits per heavy atom. The van der Waals surface area contributed by atoms with Crippen LogP contribution in [0.15, 0.2) is 4.99 Å². The van der Waals surface area contributed by atoms with Gasteiger partial charge in [0.15, 0.2) is 6.73 Å². The van der Waals surface area contributed by atoms with Crippen LogP contribution in [0.25, 0.3) is 0 Å². The highest BCUT2D eigenvalue weighted by Gasteiger charge is 2.37. The number of ether oxygens (including phenoxy) is 3. The lowest BCUT2D eigenvalue weighted by atomic mass is 9.93. The minimum absolute atomic E-state index is 0.371. The molecule has 1 atom stereocenters. The van der Waals surface area contributed by atoms with Gasteiger partial charge in [-0.15, -0.1) is 0 Å². The van der Waals surface area contributed by atoms with E-state index in [2.05, 4.69) is 19.2 Å². The van der Waals surface area contributed by atoms with E-state index in [1.807, 2.05) is 10.6 Å². The predicted octanol–water partition coefficient (Wildman–Crippen LogP) is -0.722. The number of nitriles is 1. The van der Waals surface area contributed by atoms with Gasteiger partial charge in [0.1, 0.15) is 25.3 Å². The van der Waals surface area contributed by atoms with E-state index in [9.17, 15) is 19.2 Å². The zero-order valence-corrected chi connectivity index (χ0v) is 12.0. The fraction of sp³-hybridized carbons (Fsp3) is 0.545. The number of hydrogen-bond donors (Lipinski definition) is 3. The van der Waals surface area contributed by atoms with Crippen LogP contribution in [0.2, 0.25) is 0 Å². The normalized spacial score (nSPS) is 11.7. The summed E-state index contributed by atoms with van der Waals surface area (Å²) in [6.07, 6.45) is 0.463. The van der Waals surface area contributed by atoms with Crippen molar-refractivity contribution >= 4 is 24.2 Å². The summed E-state index contributed by atoms with van der Waals surface area (Å²) in [4.78, 5) is 46.5. The fourth-order valence-corrected chi connectivity index (χ4v) is 0.981. The number of isocyanates is 1. The van der Waals surface area contributed by atoms with E-state index in [4.69, 9.17) is 10.4 Å². The Hall–Kier alpha value is -3.32. The Morgan fingerprint density at radius 2 is 1.78 bits per heavy atom. The average molecular weight is 330 g/mol. The maximum Gasteiger partial charge on any atom is 0.409 e. The van der Waals surface area contributed by atoms with Gasteiger partial charge in [0.25, 0.3) is 6.26 Å². The lowest BCUT2D eigenvalue weighted by Crippen LogP contribution is -2.41. The third-order valence-corrected chi connectivity index (χ3v) is 2.28. The maximum absolute atomic E-state index is 11.2. The molecule has 3 N–H and O–H groups in total. The van der Waals surface area contributed by atoms with Crippen LogP contribution < -0.4 is 10.6 Å². The molecule has 0 aliphatic heterocycles. The summed E-state index contributed by atoms with van der Waals surface area (Å²) >= 11 is 0. The Labute approximate surface area is 130 Å². The first-order valence-electron chi connectivity index (χ1n) is 5.95. The Balaban J connectivity index is 4.37. The Morgan fingerprint density at radius 3 is 2.26 bits per heavy atom. The second kappa shape index (κ2) is 10.4. The minimum Gasteiger partial charge on any atom is -0.481 e. The van der Waals surface area contributed by atoms with Crippen molar-refractivity contribution in [2.75, 3.05) is 26.6 Å². The second-order valence-corrected chi connectivity index (χ2v) is 4.16. The number of carbonyl (C=O) groups is 3. The summed E-state index contributed by atoms with van der Waals surface area (Å²) in [6, 6.07) is 0. The first kappa shape index (κ1) is 19.7. The molecule has 0 heterocycles. The molecule has 0 spiro atoms. The average Bonchev–Trinajstić information content (AvgIpc) is 2.51. The fourth-order valence-electron chi connectivity index (χ4n) is 0.981. The highest BCUT2D eigenvalue weighted by Crippen LogP contribution is 2.18. The standard InChI is InChI=1S/C11H14N4O8/c1-11(8(17)18,2-22-9(19)14-5-13-6-16)3-23-10(20)15-7-21-4-12/h2-3,5,7H2,1H3,(H,14,19)(H,15,20)(H,17,18). The highest BCUT2D eigenvalue weighted by atomic mass is 16.6. The van der Waals surface area contributed by atoms with Gasteiger partial charge in [-0.2, -0.15) is 10.3 Å². The zero-order chi connectivity index (χ0) is 17.7. The molecule has 0 radical (unpaired) electrons. The van der Waals surface area contributed by atoms with Gasteiger partial charge in [0, 0.05) is 0 Å². The number of rotatable bonds is 9. The molecule has 0 bridgehead atoms. The number of nitrogens with zero attached hydrogens (tertiary/aromatic N) is 2. The largest absolute Gasteiger partial charge is 0.481 e. The Bertz CT molecular complexity index is 525. The van der Waals surface area contributed by atoms with E-state index in [-0.39, 0.29) is 6.67 Å². The molecule has 0 aromatic carbocycles. The van der Waals surface area contributed by atoms with Gasteiger partial charge in [-0.05, 0) is 6.92 Å². The van der Waals surface area contributed by atoms with Crippen molar-refractivity contribution in [3.63, 3.8) is 0 Å². The molecule has 0 saturated carbocycles. The molecule has 0 aliphatic carbocycles. The molecule has 0 fully saturated rings. The van der Waals surface area contributed by atoms with Crippen molar-refractivity contribution in [2.24, 2.45) is 10.4 Å². The summed E-state index contributed by atoms with van der Waals surface area (Å²) in [5.74, 6) is -1.38. The van der Waals surface area contributed by atoms with E-state index in [1.54, 1.807) is 0 Å². The molecule has 1 unspecified atom stereocenters. The van der Waals surface area contributed by atoms with Crippen molar-refractivity contribution in [1.82, 2.24) is 10.6 Å². The molecule has 12 heteroatoms. The van der Waals surface area contributed by atoms with E-state index < -0.39 is 43.5 Å². The summed E-state index contributed by atoms with van der Waals surface area (Å²) in [5.41, 5.74) is -1.71. The topological polar surface area (TPSA) is 176 Å². The molecule has 2 amide bonds. The third-order valence-electron chi connectivity index (χ3n) is 2.28. The maximum atomic E-state index is 11.2. The molecule has 0 aromatic rings. The lowest BCUT2D eigenvalue weighted by molar-refractivity contribution is -0.153. The first-order chi connectivity index (χ1) is 10.9. The smallest absolute Gasteiger partial charge is 0.409 e. The van der Waals surface area contributed by atoms with Crippen molar-refractivity contribution in [1.29, 1.82) is 5.26 Å². The van der Waals surface area contributed by atoms with E-state index >= 15 is 0 Å². The molecule has 23 heavy (non-hydrogen) atoms. The number of carboxylic acids is 1. The zero-order valence-electron chi connectivity index (χ0n) is 12.0. The predicted molar refractivity (Wildman–Crippen MR) is 69.3 cm³/mol. The number of carboxylic acid groups (broad SMARTS) is 1. The van der Waals surface area contributed by atoms with Crippen LogP contribution in [0.5, 0.6) is 0 Å². The number of nitrogens with one attached hydrogen (secondary N) is 2. The Kier molecular flexibility index (Phi) is 8.91. The van der Waals surface area contributed by atoms with Crippen LogP contribution in [0.3, 0.4) is 0 Å². The third kappa shape index (κ3) is 8.53. The summed E-state index contributed by atoms with van der Waals surface area (Å²) in [7, 11) is 0. The van der Waals surface area contributed by atoms with E-state index in [1.165, 1.54) is 19.3 Å². The molecule has 126 valence electrons.